The van der Waals surface area contributed by atoms with E-state index >= 15 is 0 Å². The Morgan fingerprint density at radius 3 is 2.92 bits per heavy atom. The summed E-state index contributed by atoms with van der Waals surface area (Å²) < 4.78 is 14.9. The number of hydrogen-bond donors (Lipinski definition) is 3. The number of benzene rings is 1. The molecule has 1 unspecified atom stereocenters. The number of nitrogens with two attached hydrogens (primary N) is 2. The molecule has 0 aliphatic rings. The molecular weight excluding hydrogens is 152 g/mol. The lowest BCUT2D eigenvalue weighted by Crippen LogP contribution is -2.06. The van der Waals surface area contributed by atoms with E-state index in [-0.39, 0.29) is 6.54 Å². The van der Waals surface area contributed by atoms with Crippen molar-refractivity contribution in [3.05, 3.63) is 29.8 Å². The Bertz CT molecular complexity index is 317. The molecule has 0 aliphatic carbocycles. The number of aliphatic hydroxyl groups is 1. The first-order valence-corrected chi connectivity index (χ1v) is 3.71. The van der Waals surface area contributed by atoms with Gasteiger partial charge in [-0.05, 0) is 30.6 Å². The van der Waals surface area contributed by atoms with Crippen LogP contribution in [0.25, 0.3) is 0 Å². The van der Waals surface area contributed by atoms with E-state index in [0.29, 0.717) is 11.3 Å². The number of hydrogen-bond acceptors (Lipinski definition) is 3. The summed E-state index contributed by atoms with van der Waals surface area (Å²) in [4.78, 5) is 0. The molecule has 5 N–H and O–H groups in total. The SMILES string of the molecule is [2H]C([2H])(CN)C(O)c1cccc(N)c1. The van der Waals surface area contributed by atoms with Crippen molar-refractivity contribution in [3.63, 3.8) is 0 Å². The van der Waals surface area contributed by atoms with Crippen molar-refractivity contribution in [2.45, 2.75) is 12.5 Å². The first-order chi connectivity index (χ1) is 6.47. The smallest absolute Gasteiger partial charge is 0.0802 e. The predicted molar refractivity (Wildman–Crippen MR) is 49.5 cm³/mol. The lowest BCUT2D eigenvalue weighted by molar-refractivity contribution is 0.170. The summed E-state index contributed by atoms with van der Waals surface area (Å²) in [5.74, 6) is 0. The number of aliphatic hydroxyl groups excluding tert-OH is 1. The van der Waals surface area contributed by atoms with Gasteiger partial charge >= 0.3 is 0 Å². The van der Waals surface area contributed by atoms with Crippen LogP contribution in [0.2, 0.25) is 0 Å². The first kappa shape index (κ1) is 6.46. The minimum atomic E-state index is -1.83. The summed E-state index contributed by atoms with van der Waals surface area (Å²) >= 11 is 0. The monoisotopic (exact) mass is 168 g/mol. The van der Waals surface area contributed by atoms with Gasteiger partial charge in [0, 0.05) is 8.43 Å². The highest BCUT2D eigenvalue weighted by molar-refractivity contribution is 5.41. The van der Waals surface area contributed by atoms with Gasteiger partial charge in [-0.2, -0.15) is 0 Å². The Kier molecular flexibility index (Phi) is 2.20. The van der Waals surface area contributed by atoms with Gasteiger partial charge in [0.1, 0.15) is 0 Å². The zero-order chi connectivity index (χ0) is 10.8. The molecule has 3 nitrogen and oxygen atoms in total. The molecule has 1 aromatic rings. The van der Waals surface area contributed by atoms with E-state index in [2.05, 4.69) is 0 Å². The molecule has 0 radical (unpaired) electrons. The molecule has 0 aliphatic heterocycles. The Morgan fingerprint density at radius 1 is 1.58 bits per heavy atom. The minimum absolute atomic E-state index is 0.233. The molecule has 0 spiro atoms. The van der Waals surface area contributed by atoms with Gasteiger partial charge in [0.25, 0.3) is 0 Å². The summed E-state index contributed by atoms with van der Waals surface area (Å²) in [5.41, 5.74) is 11.7. The molecule has 0 aromatic heterocycles. The van der Waals surface area contributed by atoms with Crippen LogP contribution in [0.1, 0.15) is 20.8 Å². The van der Waals surface area contributed by atoms with Crippen LogP contribution in [0.5, 0.6) is 0 Å². The van der Waals surface area contributed by atoms with Crippen LogP contribution in [0, 0.1) is 0 Å². The third-order valence-corrected chi connectivity index (χ3v) is 1.54. The van der Waals surface area contributed by atoms with E-state index in [4.69, 9.17) is 14.2 Å². The van der Waals surface area contributed by atoms with Crippen molar-refractivity contribution >= 4 is 5.69 Å². The van der Waals surface area contributed by atoms with Crippen LogP contribution in [0.3, 0.4) is 0 Å². The molecule has 0 heterocycles. The number of anilines is 1. The van der Waals surface area contributed by atoms with Crippen molar-refractivity contribution in [1.29, 1.82) is 0 Å². The van der Waals surface area contributed by atoms with Crippen molar-refractivity contribution in [2.75, 3.05) is 12.3 Å². The fraction of sp³-hybridized carbons (Fsp3) is 0.333. The molecule has 0 fully saturated rings. The van der Waals surface area contributed by atoms with Gasteiger partial charge in [-0.25, -0.2) is 0 Å². The molecule has 0 bridgehead atoms. The lowest BCUT2D eigenvalue weighted by Gasteiger charge is -2.09. The molecular formula is C9H14N2O. The minimum Gasteiger partial charge on any atom is -0.399 e. The number of nitrogen functional groups attached to an aromatic ring is 1. The van der Waals surface area contributed by atoms with Gasteiger partial charge in [0.05, 0.1) is 6.10 Å². The second-order valence-corrected chi connectivity index (χ2v) is 2.48. The lowest BCUT2D eigenvalue weighted by atomic mass is 10.1. The Balaban J connectivity index is 2.94. The summed E-state index contributed by atoms with van der Waals surface area (Å²) in [6, 6.07) is 6.50. The molecule has 3 heteroatoms. The molecule has 66 valence electrons. The maximum atomic E-state index is 9.66. The van der Waals surface area contributed by atoms with Gasteiger partial charge in [-0.1, -0.05) is 12.1 Å². The van der Waals surface area contributed by atoms with Crippen LogP contribution in [0.15, 0.2) is 24.3 Å². The fourth-order valence-electron chi connectivity index (χ4n) is 0.959. The zero-order valence-corrected chi connectivity index (χ0v) is 6.70. The topological polar surface area (TPSA) is 72.3 Å². The molecule has 0 saturated carbocycles. The van der Waals surface area contributed by atoms with Gasteiger partial charge in [0.15, 0.2) is 0 Å². The average molecular weight is 168 g/mol. The molecule has 0 saturated heterocycles. The Labute approximate surface area is 74.8 Å². The Hall–Kier alpha value is -1.06. The molecule has 12 heavy (non-hydrogen) atoms. The highest BCUT2D eigenvalue weighted by atomic mass is 16.3. The summed E-state index contributed by atoms with van der Waals surface area (Å²) in [5, 5.41) is 9.66. The van der Waals surface area contributed by atoms with Crippen molar-refractivity contribution in [1.82, 2.24) is 0 Å². The summed E-state index contributed by atoms with van der Waals surface area (Å²) in [6.45, 7) is -0.233. The van der Waals surface area contributed by atoms with Crippen molar-refractivity contribution < 1.29 is 7.85 Å². The normalized spacial score (nSPS) is 16.5. The summed E-state index contributed by atoms with van der Waals surface area (Å²) in [7, 11) is 0. The van der Waals surface area contributed by atoms with Crippen LogP contribution >= 0.6 is 0 Å². The third kappa shape index (κ3) is 2.22. The van der Waals surface area contributed by atoms with E-state index in [1.165, 1.54) is 6.07 Å². The molecule has 1 atom stereocenters. The highest BCUT2D eigenvalue weighted by Gasteiger charge is 2.05. The zero-order valence-electron chi connectivity index (χ0n) is 8.70. The average Bonchev–Trinajstić information content (AvgIpc) is 2.16. The van der Waals surface area contributed by atoms with Crippen molar-refractivity contribution in [3.8, 4) is 0 Å². The van der Waals surface area contributed by atoms with Crippen LogP contribution in [-0.4, -0.2) is 11.7 Å². The highest BCUT2D eigenvalue weighted by Crippen LogP contribution is 2.17. The van der Waals surface area contributed by atoms with Gasteiger partial charge in [-0.3, -0.25) is 0 Å². The quantitative estimate of drug-likeness (QED) is 0.580. The second kappa shape index (κ2) is 4.09. The van der Waals surface area contributed by atoms with E-state index in [0.717, 1.165) is 0 Å². The van der Waals surface area contributed by atoms with Crippen LogP contribution < -0.4 is 11.5 Å². The standard InChI is InChI=1S/C9H14N2O/c10-5-4-9(12)7-2-1-3-8(11)6-7/h1-3,6,9,12H,4-5,10-11H2/i4D2. The summed E-state index contributed by atoms with van der Waals surface area (Å²) in [6.07, 6.45) is -3.07. The van der Waals surface area contributed by atoms with Crippen molar-refractivity contribution in [2.24, 2.45) is 5.73 Å². The maximum Gasteiger partial charge on any atom is 0.0802 e. The van der Waals surface area contributed by atoms with Crippen LogP contribution in [0.4, 0.5) is 5.69 Å². The van der Waals surface area contributed by atoms with Crippen LogP contribution in [-0.2, 0) is 0 Å². The van der Waals surface area contributed by atoms with Gasteiger partial charge in [-0.15, -0.1) is 0 Å². The first-order valence-electron chi connectivity index (χ1n) is 4.71. The van der Waals surface area contributed by atoms with E-state index < -0.39 is 12.5 Å². The molecule has 1 aromatic carbocycles. The predicted octanol–water partition coefficient (Wildman–Crippen LogP) is 0.651. The van der Waals surface area contributed by atoms with E-state index in [1.807, 2.05) is 0 Å². The Morgan fingerprint density at radius 2 is 2.33 bits per heavy atom. The van der Waals surface area contributed by atoms with E-state index in [9.17, 15) is 5.11 Å². The molecule has 1 rings (SSSR count). The third-order valence-electron chi connectivity index (χ3n) is 1.54. The second-order valence-electron chi connectivity index (χ2n) is 2.48. The fourth-order valence-corrected chi connectivity index (χ4v) is 0.959. The largest absolute Gasteiger partial charge is 0.399 e. The van der Waals surface area contributed by atoms with Gasteiger partial charge < -0.3 is 16.6 Å². The van der Waals surface area contributed by atoms with E-state index in [1.54, 1.807) is 18.2 Å². The number of rotatable bonds is 3. The molecule has 0 amide bonds. The maximum absolute atomic E-state index is 9.66. The van der Waals surface area contributed by atoms with Gasteiger partial charge in [0.2, 0.25) is 0 Å².